The molecule has 1 fully saturated rings. The summed E-state index contributed by atoms with van der Waals surface area (Å²) in [6.45, 7) is 0.174. The number of hydrogen-bond donors (Lipinski definition) is 3. The van der Waals surface area contributed by atoms with Crippen molar-refractivity contribution >= 4 is 11.9 Å². The monoisotopic (exact) mass is 333 g/mol. The largest absolute Gasteiger partial charge is 0.465 e. The fourth-order valence-corrected chi connectivity index (χ4v) is 2.73. The highest BCUT2D eigenvalue weighted by Crippen LogP contribution is 2.39. The third-order valence-electron chi connectivity index (χ3n) is 3.97. The molecule has 0 aromatic carbocycles. The van der Waals surface area contributed by atoms with Crippen LogP contribution < -0.4 is 11.3 Å². The Kier molecular flexibility index (Phi) is 4.95. The van der Waals surface area contributed by atoms with E-state index in [9.17, 15) is 18.0 Å². The minimum atomic E-state index is -4.49. The first kappa shape index (κ1) is 17.3. The summed E-state index contributed by atoms with van der Waals surface area (Å²) in [6.07, 6.45) is -4.16. The standard InChI is InChI=1S/C13H18F3N5O2/c1-20(12(22)23)9-4-5-21(7-9)11(13(14,15)16)8-2-3-10(19-17)18-6-8/h2-3,6,9,11H,4-5,7,17H2,1H3,(H,18,19)(H,22,23)/t9-,11-/m0/s1. The minimum Gasteiger partial charge on any atom is -0.465 e. The molecule has 0 spiro atoms. The van der Waals surface area contributed by atoms with Crippen LogP contribution >= 0.6 is 0 Å². The van der Waals surface area contributed by atoms with Crippen molar-refractivity contribution in [3.63, 3.8) is 0 Å². The number of hydrazine groups is 1. The van der Waals surface area contributed by atoms with Crippen LogP contribution in [0.15, 0.2) is 18.3 Å². The second kappa shape index (κ2) is 6.59. The molecule has 4 N–H and O–H groups in total. The summed E-state index contributed by atoms with van der Waals surface area (Å²) in [4.78, 5) is 17.1. The van der Waals surface area contributed by atoms with Crippen LogP contribution in [-0.4, -0.2) is 58.3 Å². The number of rotatable bonds is 4. The quantitative estimate of drug-likeness (QED) is 0.573. The van der Waals surface area contributed by atoms with Crippen LogP contribution in [0.5, 0.6) is 0 Å². The molecule has 1 aliphatic rings. The van der Waals surface area contributed by atoms with Crippen molar-refractivity contribution in [3.8, 4) is 0 Å². The van der Waals surface area contributed by atoms with Gasteiger partial charge in [-0.1, -0.05) is 6.07 Å². The molecule has 1 aliphatic heterocycles. The van der Waals surface area contributed by atoms with Crippen molar-refractivity contribution in [2.75, 3.05) is 25.6 Å². The van der Waals surface area contributed by atoms with Gasteiger partial charge in [-0.2, -0.15) is 13.2 Å². The van der Waals surface area contributed by atoms with Gasteiger partial charge in [0.2, 0.25) is 0 Å². The van der Waals surface area contributed by atoms with Crippen LogP contribution in [0.3, 0.4) is 0 Å². The van der Waals surface area contributed by atoms with Gasteiger partial charge in [-0.25, -0.2) is 15.6 Å². The van der Waals surface area contributed by atoms with Gasteiger partial charge in [0.25, 0.3) is 0 Å². The first-order chi connectivity index (χ1) is 10.7. The van der Waals surface area contributed by atoms with E-state index in [0.717, 1.165) is 11.1 Å². The molecule has 0 radical (unpaired) electrons. The molecule has 1 aromatic heterocycles. The predicted octanol–water partition coefficient (Wildman–Crippen LogP) is 1.65. The number of likely N-dealkylation sites (tertiary alicyclic amines) is 1. The third kappa shape index (κ3) is 3.82. The van der Waals surface area contributed by atoms with Crippen LogP contribution in [-0.2, 0) is 0 Å². The maximum Gasteiger partial charge on any atom is 0.408 e. The van der Waals surface area contributed by atoms with E-state index in [1.165, 1.54) is 24.1 Å². The number of likely N-dealkylation sites (N-methyl/N-ethyl adjacent to an activating group) is 1. The molecule has 0 unspecified atom stereocenters. The highest BCUT2D eigenvalue weighted by atomic mass is 19.4. The molecule has 1 aromatic rings. The minimum absolute atomic E-state index is 0.00451. The number of nitrogens with two attached hydrogens (primary N) is 1. The van der Waals surface area contributed by atoms with Gasteiger partial charge in [0.15, 0.2) is 0 Å². The average molecular weight is 333 g/mol. The smallest absolute Gasteiger partial charge is 0.408 e. The molecule has 1 amide bonds. The molecular weight excluding hydrogens is 315 g/mol. The van der Waals surface area contributed by atoms with E-state index in [0.29, 0.717) is 6.42 Å². The Morgan fingerprint density at radius 3 is 2.74 bits per heavy atom. The number of nitrogens with zero attached hydrogens (tertiary/aromatic N) is 3. The highest BCUT2D eigenvalue weighted by Gasteiger charge is 2.47. The number of hydrogen-bond acceptors (Lipinski definition) is 5. The van der Waals surface area contributed by atoms with E-state index in [1.807, 2.05) is 0 Å². The van der Waals surface area contributed by atoms with E-state index < -0.39 is 24.4 Å². The van der Waals surface area contributed by atoms with Gasteiger partial charge < -0.3 is 15.4 Å². The lowest BCUT2D eigenvalue weighted by Gasteiger charge is -2.30. The first-order valence-corrected chi connectivity index (χ1v) is 6.93. The van der Waals surface area contributed by atoms with Crippen molar-refractivity contribution in [1.82, 2.24) is 14.8 Å². The fourth-order valence-electron chi connectivity index (χ4n) is 2.73. The molecule has 0 bridgehead atoms. The Labute approximate surface area is 130 Å². The molecule has 2 rings (SSSR count). The van der Waals surface area contributed by atoms with Crippen LogP contribution in [0, 0.1) is 0 Å². The van der Waals surface area contributed by atoms with Gasteiger partial charge in [0.05, 0.1) is 0 Å². The number of halogens is 3. The number of pyridine rings is 1. The van der Waals surface area contributed by atoms with Crippen LogP contribution in [0.2, 0.25) is 0 Å². The molecular formula is C13H18F3N5O2. The second-order valence-corrected chi connectivity index (χ2v) is 5.40. The molecule has 7 nitrogen and oxygen atoms in total. The zero-order valence-corrected chi connectivity index (χ0v) is 12.4. The number of carboxylic acid groups (broad SMARTS) is 1. The maximum absolute atomic E-state index is 13.5. The van der Waals surface area contributed by atoms with Crippen molar-refractivity contribution in [2.45, 2.75) is 24.7 Å². The van der Waals surface area contributed by atoms with Gasteiger partial charge in [0, 0.05) is 32.4 Å². The lowest BCUT2D eigenvalue weighted by Crippen LogP contribution is -2.41. The van der Waals surface area contributed by atoms with Crippen LogP contribution in [0.25, 0.3) is 0 Å². The molecule has 23 heavy (non-hydrogen) atoms. The lowest BCUT2D eigenvalue weighted by molar-refractivity contribution is -0.184. The van der Waals surface area contributed by atoms with Crippen LogP contribution in [0.4, 0.5) is 23.8 Å². The highest BCUT2D eigenvalue weighted by molar-refractivity contribution is 5.65. The molecule has 2 atom stereocenters. The molecule has 2 heterocycles. The van der Waals surface area contributed by atoms with Gasteiger partial charge in [-0.05, 0) is 18.1 Å². The normalized spacial score (nSPS) is 20.3. The number of amides is 1. The van der Waals surface area contributed by atoms with E-state index in [4.69, 9.17) is 10.9 Å². The SMILES string of the molecule is CN(C(=O)O)[C@H]1CCN([C@@H](c2ccc(NN)nc2)C(F)(F)F)C1. The summed E-state index contributed by atoms with van der Waals surface area (Å²) >= 11 is 0. The Morgan fingerprint density at radius 2 is 2.26 bits per heavy atom. The van der Waals surface area contributed by atoms with Gasteiger partial charge in [-0.15, -0.1) is 0 Å². The summed E-state index contributed by atoms with van der Waals surface area (Å²) in [5.41, 5.74) is 2.25. The summed E-state index contributed by atoms with van der Waals surface area (Å²) < 4.78 is 40.5. The number of aromatic nitrogens is 1. The molecule has 1 saturated heterocycles. The number of anilines is 1. The molecule has 10 heteroatoms. The second-order valence-electron chi connectivity index (χ2n) is 5.40. The summed E-state index contributed by atoms with van der Waals surface area (Å²) in [7, 11) is 1.36. The Morgan fingerprint density at radius 1 is 1.57 bits per heavy atom. The predicted molar refractivity (Wildman–Crippen MR) is 76.6 cm³/mol. The van der Waals surface area contributed by atoms with Gasteiger partial charge >= 0.3 is 12.3 Å². The topological polar surface area (TPSA) is 94.7 Å². The van der Waals surface area contributed by atoms with E-state index >= 15 is 0 Å². The van der Waals surface area contributed by atoms with E-state index in [1.54, 1.807) is 0 Å². The first-order valence-electron chi connectivity index (χ1n) is 6.93. The summed E-state index contributed by atoms with van der Waals surface area (Å²) in [5.74, 6) is 5.42. The van der Waals surface area contributed by atoms with Gasteiger partial charge in [-0.3, -0.25) is 4.90 Å². The van der Waals surface area contributed by atoms with Crippen molar-refractivity contribution in [2.24, 2.45) is 5.84 Å². The number of nitrogen functional groups attached to an aromatic ring is 1. The van der Waals surface area contributed by atoms with Gasteiger partial charge in [0.1, 0.15) is 11.9 Å². The Hall–Kier alpha value is -2.07. The number of alkyl halides is 3. The molecule has 128 valence electrons. The fraction of sp³-hybridized carbons (Fsp3) is 0.538. The Balaban J connectivity index is 2.21. The number of nitrogens with one attached hydrogen (secondary N) is 1. The molecule has 0 saturated carbocycles. The van der Waals surface area contributed by atoms with E-state index in [-0.39, 0.29) is 24.5 Å². The summed E-state index contributed by atoms with van der Waals surface area (Å²) in [6, 6.07) is 0.392. The Bertz CT molecular complexity index is 552. The average Bonchev–Trinajstić information content (AvgIpc) is 2.95. The van der Waals surface area contributed by atoms with E-state index in [2.05, 4.69) is 10.4 Å². The maximum atomic E-state index is 13.5. The lowest BCUT2D eigenvalue weighted by atomic mass is 10.1. The van der Waals surface area contributed by atoms with Crippen molar-refractivity contribution in [3.05, 3.63) is 23.9 Å². The number of carbonyl (C=O) groups is 1. The zero-order chi connectivity index (χ0) is 17.2. The third-order valence-corrected chi connectivity index (χ3v) is 3.97. The van der Waals surface area contributed by atoms with Crippen LogP contribution in [0.1, 0.15) is 18.0 Å². The summed E-state index contributed by atoms with van der Waals surface area (Å²) in [5, 5.41) is 8.96. The zero-order valence-electron chi connectivity index (χ0n) is 12.4. The molecule has 0 aliphatic carbocycles. The van der Waals surface area contributed by atoms with Crippen molar-refractivity contribution in [1.29, 1.82) is 0 Å². The van der Waals surface area contributed by atoms with Crippen molar-refractivity contribution < 1.29 is 23.1 Å².